The number of rotatable bonds is 7. The van der Waals surface area contributed by atoms with E-state index in [0.29, 0.717) is 30.2 Å². The highest BCUT2D eigenvalue weighted by Gasteiger charge is 2.06. The van der Waals surface area contributed by atoms with Crippen LogP contribution in [-0.4, -0.2) is 28.7 Å². The summed E-state index contributed by atoms with van der Waals surface area (Å²) in [6.45, 7) is 4.04. The average Bonchev–Trinajstić information content (AvgIpc) is 2.58. The molecule has 0 saturated carbocycles. The van der Waals surface area contributed by atoms with Gasteiger partial charge in [-0.1, -0.05) is 6.92 Å². The average molecular weight is 328 g/mol. The van der Waals surface area contributed by atoms with Crippen molar-refractivity contribution < 1.29 is 14.3 Å². The maximum absolute atomic E-state index is 11.6. The van der Waals surface area contributed by atoms with Crippen molar-refractivity contribution in [3.63, 3.8) is 0 Å². The maximum Gasteiger partial charge on any atom is 0.338 e. The molecule has 1 aromatic heterocycles. The van der Waals surface area contributed by atoms with Crippen LogP contribution in [0, 0.1) is 0 Å². The topological polar surface area (TPSA) is 93.2 Å². The first-order valence-electron chi connectivity index (χ1n) is 7.80. The molecule has 1 heterocycles. The predicted molar refractivity (Wildman–Crippen MR) is 91.3 cm³/mol. The van der Waals surface area contributed by atoms with Gasteiger partial charge in [0.15, 0.2) is 11.6 Å². The number of hydrogen-bond acceptors (Lipinski definition) is 6. The van der Waals surface area contributed by atoms with Gasteiger partial charge in [0.05, 0.1) is 12.2 Å². The molecule has 1 aromatic carbocycles. The zero-order valence-electron chi connectivity index (χ0n) is 13.7. The van der Waals surface area contributed by atoms with E-state index in [4.69, 9.17) is 4.74 Å². The van der Waals surface area contributed by atoms with Crippen LogP contribution in [0.5, 0.6) is 0 Å². The molecule has 126 valence electrons. The lowest BCUT2D eigenvalue weighted by Gasteiger charge is -2.07. The van der Waals surface area contributed by atoms with Crippen molar-refractivity contribution in [3.05, 3.63) is 42.0 Å². The number of nitrogens with zero attached hydrogens (tertiary/aromatic N) is 2. The summed E-state index contributed by atoms with van der Waals surface area (Å²) >= 11 is 0. The Balaban J connectivity index is 1.96. The van der Waals surface area contributed by atoms with Gasteiger partial charge in [-0.2, -0.15) is 0 Å². The SMILES string of the molecule is CCCC(=O)Nc1ccc(Nc2ccc(C(=O)OCC)cc2)nn1. The molecule has 0 bridgehead atoms. The first kappa shape index (κ1) is 17.4. The van der Waals surface area contributed by atoms with Crippen molar-refractivity contribution in [2.75, 3.05) is 17.2 Å². The Morgan fingerprint density at radius 2 is 1.67 bits per heavy atom. The fraction of sp³-hybridized carbons (Fsp3) is 0.294. The molecule has 0 spiro atoms. The fourth-order valence-electron chi connectivity index (χ4n) is 1.95. The summed E-state index contributed by atoms with van der Waals surface area (Å²) in [7, 11) is 0. The van der Waals surface area contributed by atoms with E-state index in [1.807, 2.05) is 6.92 Å². The molecule has 2 aromatic rings. The third-order valence-corrected chi connectivity index (χ3v) is 3.08. The third-order valence-electron chi connectivity index (χ3n) is 3.08. The lowest BCUT2D eigenvalue weighted by Crippen LogP contribution is -2.12. The van der Waals surface area contributed by atoms with Gasteiger partial charge in [0, 0.05) is 12.1 Å². The van der Waals surface area contributed by atoms with Gasteiger partial charge in [-0.15, -0.1) is 10.2 Å². The molecule has 1 amide bonds. The van der Waals surface area contributed by atoms with Gasteiger partial charge in [-0.3, -0.25) is 4.79 Å². The molecular formula is C17H20N4O3. The van der Waals surface area contributed by atoms with Gasteiger partial charge < -0.3 is 15.4 Å². The molecule has 0 aliphatic carbocycles. The zero-order chi connectivity index (χ0) is 17.4. The normalized spacial score (nSPS) is 10.1. The molecule has 7 heteroatoms. The summed E-state index contributed by atoms with van der Waals surface area (Å²) in [4.78, 5) is 23.1. The standard InChI is InChI=1S/C17H20N4O3/c1-3-5-16(22)19-15-11-10-14(20-21-15)18-13-8-6-12(7-9-13)17(23)24-4-2/h6-11H,3-5H2,1-2H3,(H,18,20)(H,19,21,22). The number of nitrogens with one attached hydrogen (secondary N) is 2. The monoisotopic (exact) mass is 328 g/mol. The van der Waals surface area contributed by atoms with E-state index in [1.165, 1.54) is 0 Å². The van der Waals surface area contributed by atoms with Crippen LogP contribution >= 0.6 is 0 Å². The number of anilines is 3. The number of aromatic nitrogens is 2. The largest absolute Gasteiger partial charge is 0.462 e. The van der Waals surface area contributed by atoms with E-state index in [-0.39, 0.29) is 11.9 Å². The summed E-state index contributed by atoms with van der Waals surface area (Å²) in [5.41, 5.74) is 1.25. The molecule has 0 aliphatic rings. The molecule has 2 N–H and O–H groups in total. The van der Waals surface area contributed by atoms with E-state index in [2.05, 4.69) is 20.8 Å². The van der Waals surface area contributed by atoms with Crippen LogP contribution in [-0.2, 0) is 9.53 Å². The summed E-state index contributed by atoms with van der Waals surface area (Å²) in [5, 5.41) is 13.7. The summed E-state index contributed by atoms with van der Waals surface area (Å²) in [6.07, 6.45) is 1.23. The molecule has 0 aliphatic heterocycles. The van der Waals surface area contributed by atoms with E-state index >= 15 is 0 Å². The van der Waals surface area contributed by atoms with Crippen molar-refractivity contribution in [1.82, 2.24) is 10.2 Å². The highest BCUT2D eigenvalue weighted by Crippen LogP contribution is 2.16. The van der Waals surface area contributed by atoms with Crippen molar-refractivity contribution in [3.8, 4) is 0 Å². The molecule has 7 nitrogen and oxygen atoms in total. The van der Waals surface area contributed by atoms with Gasteiger partial charge in [0.2, 0.25) is 5.91 Å². The third kappa shape index (κ3) is 5.05. The number of benzene rings is 1. The Hall–Kier alpha value is -2.96. The van der Waals surface area contributed by atoms with E-state index < -0.39 is 0 Å². The van der Waals surface area contributed by atoms with Crippen LogP contribution in [0.1, 0.15) is 37.0 Å². The number of ether oxygens (including phenoxy) is 1. The minimum Gasteiger partial charge on any atom is -0.462 e. The number of hydrogen-bond donors (Lipinski definition) is 2. The van der Waals surface area contributed by atoms with Crippen LogP contribution < -0.4 is 10.6 Å². The smallest absolute Gasteiger partial charge is 0.338 e. The Bertz CT molecular complexity index is 684. The van der Waals surface area contributed by atoms with Gasteiger partial charge in [-0.25, -0.2) is 4.79 Å². The Kier molecular flexibility index (Phi) is 6.24. The van der Waals surface area contributed by atoms with Crippen molar-refractivity contribution >= 4 is 29.2 Å². The number of carbonyl (C=O) groups is 2. The quantitative estimate of drug-likeness (QED) is 0.759. The van der Waals surface area contributed by atoms with Crippen molar-refractivity contribution in [2.45, 2.75) is 26.7 Å². The van der Waals surface area contributed by atoms with Crippen molar-refractivity contribution in [2.24, 2.45) is 0 Å². The molecule has 0 atom stereocenters. The molecule has 0 saturated heterocycles. The molecule has 0 radical (unpaired) electrons. The van der Waals surface area contributed by atoms with E-state index in [0.717, 1.165) is 12.1 Å². The van der Waals surface area contributed by atoms with Crippen LogP contribution in [0.3, 0.4) is 0 Å². The van der Waals surface area contributed by atoms with Gasteiger partial charge in [-0.05, 0) is 49.7 Å². The number of amides is 1. The zero-order valence-corrected chi connectivity index (χ0v) is 13.7. The summed E-state index contributed by atoms with van der Waals surface area (Å²) < 4.78 is 4.93. The van der Waals surface area contributed by atoms with Crippen LogP contribution in [0.4, 0.5) is 17.3 Å². The Labute approximate surface area is 140 Å². The number of esters is 1. The first-order chi connectivity index (χ1) is 11.6. The van der Waals surface area contributed by atoms with Crippen LogP contribution in [0.15, 0.2) is 36.4 Å². The fourth-order valence-corrected chi connectivity index (χ4v) is 1.95. The van der Waals surface area contributed by atoms with Gasteiger partial charge >= 0.3 is 5.97 Å². The summed E-state index contributed by atoms with van der Waals surface area (Å²) in [5.74, 6) is 0.516. The Morgan fingerprint density at radius 1 is 1.00 bits per heavy atom. The minimum atomic E-state index is -0.351. The molecule has 0 fully saturated rings. The second kappa shape index (κ2) is 8.61. The lowest BCUT2D eigenvalue weighted by molar-refractivity contribution is -0.116. The van der Waals surface area contributed by atoms with E-state index in [1.54, 1.807) is 43.3 Å². The lowest BCUT2D eigenvalue weighted by atomic mass is 10.2. The maximum atomic E-state index is 11.6. The Morgan fingerprint density at radius 3 is 2.25 bits per heavy atom. The predicted octanol–water partition coefficient (Wildman–Crippen LogP) is 3.14. The molecule has 24 heavy (non-hydrogen) atoms. The summed E-state index contributed by atoms with van der Waals surface area (Å²) in [6, 6.07) is 10.2. The second-order valence-corrected chi connectivity index (χ2v) is 5.02. The van der Waals surface area contributed by atoms with Gasteiger partial charge in [0.25, 0.3) is 0 Å². The van der Waals surface area contributed by atoms with E-state index in [9.17, 15) is 9.59 Å². The minimum absolute atomic E-state index is 0.0814. The first-order valence-corrected chi connectivity index (χ1v) is 7.80. The highest BCUT2D eigenvalue weighted by atomic mass is 16.5. The second-order valence-electron chi connectivity index (χ2n) is 5.02. The highest BCUT2D eigenvalue weighted by molar-refractivity contribution is 5.90. The molecule has 2 rings (SSSR count). The van der Waals surface area contributed by atoms with Crippen LogP contribution in [0.25, 0.3) is 0 Å². The van der Waals surface area contributed by atoms with Crippen LogP contribution in [0.2, 0.25) is 0 Å². The number of carbonyl (C=O) groups excluding carboxylic acids is 2. The van der Waals surface area contributed by atoms with Crippen molar-refractivity contribution in [1.29, 1.82) is 0 Å². The molecular weight excluding hydrogens is 308 g/mol. The molecule has 0 unspecified atom stereocenters. The van der Waals surface area contributed by atoms with Gasteiger partial charge in [0.1, 0.15) is 0 Å².